The Morgan fingerprint density at radius 2 is 1.61 bits per heavy atom. The number of nitrogens with one attached hydrogen (secondary N) is 2. The van der Waals surface area contributed by atoms with Gasteiger partial charge in [0.2, 0.25) is 0 Å². The molecule has 0 aliphatic rings. The summed E-state index contributed by atoms with van der Waals surface area (Å²) in [5.74, 6) is -1.72. The Hall–Kier alpha value is -4.46. The summed E-state index contributed by atoms with van der Waals surface area (Å²) in [7, 11) is 1.44. The molecule has 0 fully saturated rings. The van der Waals surface area contributed by atoms with Crippen molar-refractivity contribution in [2.24, 2.45) is 5.10 Å². The molecule has 8 nitrogen and oxygen atoms in total. The van der Waals surface area contributed by atoms with Crippen molar-refractivity contribution in [3.8, 4) is 11.5 Å². The third-order valence-corrected chi connectivity index (χ3v) is 4.75. The van der Waals surface area contributed by atoms with Crippen LogP contribution in [-0.2, 0) is 9.59 Å². The Morgan fingerprint density at radius 3 is 2.30 bits per heavy atom. The van der Waals surface area contributed by atoms with Crippen molar-refractivity contribution in [3.63, 3.8) is 0 Å². The van der Waals surface area contributed by atoms with Crippen molar-refractivity contribution in [3.05, 3.63) is 89.0 Å². The number of nitrogens with zero attached hydrogens (tertiary/aromatic N) is 1. The first-order valence-electron chi connectivity index (χ1n) is 10.0. The zero-order valence-corrected chi connectivity index (χ0v) is 18.4. The van der Waals surface area contributed by atoms with E-state index in [1.54, 1.807) is 60.7 Å². The summed E-state index contributed by atoms with van der Waals surface area (Å²) >= 11 is 0. The number of hydrazone groups is 1. The second kappa shape index (κ2) is 10.7. The zero-order valence-electron chi connectivity index (χ0n) is 18.4. The van der Waals surface area contributed by atoms with Crippen LogP contribution in [0.15, 0.2) is 71.8 Å². The highest BCUT2D eigenvalue weighted by Gasteiger charge is 2.14. The molecule has 0 spiro atoms. The van der Waals surface area contributed by atoms with Crippen LogP contribution in [0.3, 0.4) is 0 Å². The Morgan fingerprint density at radius 1 is 0.848 bits per heavy atom. The van der Waals surface area contributed by atoms with Gasteiger partial charge in [0.25, 0.3) is 0 Å². The smallest absolute Gasteiger partial charge is 0.343 e. The summed E-state index contributed by atoms with van der Waals surface area (Å²) in [6.45, 7) is 3.87. The van der Waals surface area contributed by atoms with Crippen molar-refractivity contribution in [1.82, 2.24) is 5.43 Å². The van der Waals surface area contributed by atoms with Crippen molar-refractivity contribution in [1.29, 1.82) is 0 Å². The minimum atomic E-state index is -0.912. The SMILES string of the molecule is COc1cc(C=NNC(=O)C(=O)Nc2ccc(C)c(C)c2)ccc1OC(=O)c1ccccc1. The molecule has 0 aliphatic heterocycles. The quantitative estimate of drug-likeness (QED) is 0.198. The molecule has 0 radical (unpaired) electrons. The molecular formula is C25H23N3O5. The maximum absolute atomic E-state index is 12.3. The molecule has 3 rings (SSSR count). The van der Waals surface area contributed by atoms with Crippen LogP contribution in [0.5, 0.6) is 11.5 Å². The molecule has 0 aromatic heterocycles. The van der Waals surface area contributed by atoms with Gasteiger partial charge in [-0.3, -0.25) is 9.59 Å². The van der Waals surface area contributed by atoms with Crippen molar-refractivity contribution >= 4 is 29.7 Å². The van der Waals surface area contributed by atoms with Gasteiger partial charge in [-0.15, -0.1) is 0 Å². The minimum absolute atomic E-state index is 0.236. The second-order valence-electron chi connectivity index (χ2n) is 7.12. The Bertz CT molecular complexity index is 1210. The predicted octanol–water partition coefficient (Wildman–Crippen LogP) is 3.62. The Balaban J connectivity index is 1.60. The van der Waals surface area contributed by atoms with Gasteiger partial charge in [0.1, 0.15) is 0 Å². The lowest BCUT2D eigenvalue weighted by molar-refractivity contribution is -0.136. The number of ether oxygens (including phenoxy) is 2. The molecule has 168 valence electrons. The van der Waals surface area contributed by atoms with Gasteiger partial charge in [-0.2, -0.15) is 5.10 Å². The molecule has 2 amide bonds. The summed E-state index contributed by atoms with van der Waals surface area (Å²) in [5, 5.41) is 6.32. The van der Waals surface area contributed by atoms with Crippen LogP contribution in [0, 0.1) is 13.8 Å². The highest BCUT2D eigenvalue weighted by Crippen LogP contribution is 2.28. The van der Waals surface area contributed by atoms with E-state index in [2.05, 4.69) is 15.8 Å². The molecule has 3 aromatic carbocycles. The number of hydrogen-bond acceptors (Lipinski definition) is 6. The summed E-state index contributed by atoms with van der Waals surface area (Å²) in [6, 6.07) is 18.7. The van der Waals surface area contributed by atoms with E-state index >= 15 is 0 Å². The topological polar surface area (TPSA) is 106 Å². The Labute approximate surface area is 191 Å². The number of carbonyl (C=O) groups excluding carboxylic acids is 3. The van der Waals surface area contributed by atoms with E-state index in [0.29, 0.717) is 22.6 Å². The first kappa shape index (κ1) is 23.2. The van der Waals surface area contributed by atoms with Gasteiger partial charge in [-0.1, -0.05) is 24.3 Å². The largest absolute Gasteiger partial charge is 0.493 e. The number of benzene rings is 3. The fourth-order valence-corrected chi connectivity index (χ4v) is 2.81. The third-order valence-electron chi connectivity index (χ3n) is 4.75. The van der Waals surface area contributed by atoms with Crippen molar-refractivity contribution in [2.45, 2.75) is 13.8 Å². The van der Waals surface area contributed by atoms with Crippen LogP contribution in [0.25, 0.3) is 0 Å². The summed E-state index contributed by atoms with van der Waals surface area (Å²) < 4.78 is 10.7. The second-order valence-corrected chi connectivity index (χ2v) is 7.12. The third kappa shape index (κ3) is 6.27. The molecule has 0 atom stereocenters. The fourth-order valence-electron chi connectivity index (χ4n) is 2.81. The molecular weight excluding hydrogens is 422 g/mol. The van der Waals surface area contributed by atoms with E-state index in [0.717, 1.165) is 11.1 Å². The first-order valence-corrected chi connectivity index (χ1v) is 10.0. The van der Waals surface area contributed by atoms with E-state index in [1.807, 2.05) is 19.9 Å². The van der Waals surface area contributed by atoms with E-state index in [4.69, 9.17) is 9.47 Å². The van der Waals surface area contributed by atoms with Crippen molar-refractivity contribution in [2.75, 3.05) is 12.4 Å². The van der Waals surface area contributed by atoms with E-state index < -0.39 is 17.8 Å². The predicted molar refractivity (Wildman–Crippen MR) is 125 cm³/mol. The van der Waals surface area contributed by atoms with Gasteiger partial charge < -0.3 is 14.8 Å². The molecule has 0 aliphatic carbocycles. The van der Waals surface area contributed by atoms with Gasteiger partial charge in [0.15, 0.2) is 11.5 Å². The number of amides is 2. The molecule has 0 saturated heterocycles. The lowest BCUT2D eigenvalue weighted by atomic mass is 10.1. The van der Waals surface area contributed by atoms with Crippen LogP contribution < -0.4 is 20.2 Å². The molecule has 0 saturated carbocycles. The average molecular weight is 445 g/mol. The average Bonchev–Trinajstić information content (AvgIpc) is 2.82. The minimum Gasteiger partial charge on any atom is -0.493 e. The van der Waals surface area contributed by atoms with Gasteiger partial charge >= 0.3 is 17.8 Å². The number of hydrogen-bond donors (Lipinski definition) is 2. The standard InChI is InChI=1S/C25H23N3O5/c1-16-9-11-20(13-17(16)2)27-23(29)24(30)28-26-15-18-10-12-21(22(14-18)32-3)33-25(31)19-7-5-4-6-8-19/h4-15H,1-3H3,(H,27,29)(H,28,30). The van der Waals surface area contributed by atoms with E-state index in [1.165, 1.54) is 13.3 Å². The van der Waals surface area contributed by atoms with Crippen LogP contribution >= 0.6 is 0 Å². The molecule has 3 aromatic rings. The van der Waals surface area contributed by atoms with E-state index in [-0.39, 0.29) is 5.75 Å². The number of carbonyl (C=O) groups is 3. The lowest BCUT2D eigenvalue weighted by Crippen LogP contribution is -2.32. The molecule has 0 heterocycles. The van der Waals surface area contributed by atoms with Gasteiger partial charge in [-0.05, 0) is 73.0 Å². The number of esters is 1. The monoisotopic (exact) mass is 445 g/mol. The molecule has 2 N–H and O–H groups in total. The Kier molecular flexibility index (Phi) is 7.54. The van der Waals surface area contributed by atoms with Gasteiger partial charge in [0, 0.05) is 5.69 Å². The van der Waals surface area contributed by atoms with Gasteiger partial charge in [0.05, 0.1) is 18.9 Å². The van der Waals surface area contributed by atoms with Crippen molar-refractivity contribution < 1.29 is 23.9 Å². The summed E-state index contributed by atoms with van der Waals surface area (Å²) in [4.78, 5) is 36.3. The van der Waals surface area contributed by atoms with Crippen LogP contribution in [0.2, 0.25) is 0 Å². The number of anilines is 1. The van der Waals surface area contributed by atoms with E-state index in [9.17, 15) is 14.4 Å². The molecule has 0 bridgehead atoms. The normalized spacial score (nSPS) is 10.5. The maximum atomic E-state index is 12.3. The summed E-state index contributed by atoms with van der Waals surface area (Å²) in [6.07, 6.45) is 1.34. The zero-order chi connectivity index (χ0) is 23.8. The van der Waals surface area contributed by atoms with Crippen LogP contribution in [0.1, 0.15) is 27.0 Å². The van der Waals surface area contributed by atoms with Crippen LogP contribution in [0.4, 0.5) is 5.69 Å². The number of methoxy groups -OCH3 is 1. The first-order chi connectivity index (χ1) is 15.9. The fraction of sp³-hybridized carbons (Fsp3) is 0.120. The molecule has 0 unspecified atom stereocenters. The lowest BCUT2D eigenvalue weighted by Gasteiger charge is -2.10. The number of rotatable bonds is 6. The number of aryl methyl sites for hydroxylation is 2. The highest BCUT2D eigenvalue weighted by atomic mass is 16.6. The maximum Gasteiger partial charge on any atom is 0.343 e. The highest BCUT2D eigenvalue weighted by molar-refractivity contribution is 6.39. The molecule has 33 heavy (non-hydrogen) atoms. The van der Waals surface area contributed by atoms with Gasteiger partial charge in [-0.25, -0.2) is 10.2 Å². The summed E-state index contributed by atoms with van der Waals surface area (Å²) in [5.41, 5.74) is 5.74. The molecule has 8 heteroatoms. The van der Waals surface area contributed by atoms with Crippen LogP contribution in [-0.4, -0.2) is 31.1 Å².